The predicted octanol–water partition coefficient (Wildman–Crippen LogP) is 4.65. The highest BCUT2D eigenvalue weighted by atomic mass is 35.5. The lowest BCUT2D eigenvalue weighted by Crippen LogP contribution is -2.39. The number of hydrogen-bond donors (Lipinski definition) is 0. The molecule has 0 N–H and O–H groups in total. The summed E-state index contributed by atoms with van der Waals surface area (Å²) in [6.07, 6.45) is 3.13. The summed E-state index contributed by atoms with van der Waals surface area (Å²) in [7, 11) is -3.97. The minimum Gasteiger partial charge on any atom is -0.444 e. The molecule has 0 bridgehead atoms. The van der Waals surface area contributed by atoms with Crippen molar-refractivity contribution in [2.45, 2.75) is 44.6 Å². The minimum absolute atomic E-state index is 0.147. The highest BCUT2D eigenvalue weighted by molar-refractivity contribution is 7.90. The molecule has 1 amide bonds. The average molecular weight is 489 g/mol. The molecular formula is C23H25ClN4O4S. The number of amides is 1. The Morgan fingerprint density at radius 2 is 1.85 bits per heavy atom. The van der Waals surface area contributed by atoms with E-state index in [-0.39, 0.29) is 15.7 Å². The molecule has 0 saturated carbocycles. The van der Waals surface area contributed by atoms with Crippen LogP contribution in [-0.2, 0) is 14.8 Å². The summed E-state index contributed by atoms with van der Waals surface area (Å²) in [4.78, 5) is 22.4. The molecule has 0 fully saturated rings. The van der Waals surface area contributed by atoms with Gasteiger partial charge in [-0.25, -0.2) is 27.2 Å². The minimum atomic E-state index is -3.97. The van der Waals surface area contributed by atoms with Crippen LogP contribution in [0.15, 0.2) is 47.6 Å². The molecule has 33 heavy (non-hydrogen) atoms. The van der Waals surface area contributed by atoms with Gasteiger partial charge in [-0.05, 0) is 57.9 Å². The average Bonchev–Trinajstić information content (AvgIpc) is 3.15. The highest BCUT2D eigenvalue weighted by Crippen LogP contribution is 2.34. The fraction of sp³-hybridized carbons (Fsp3) is 0.348. The summed E-state index contributed by atoms with van der Waals surface area (Å²) < 4.78 is 34.0. The second-order valence-corrected chi connectivity index (χ2v) is 11.1. The van der Waals surface area contributed by atoms with Gasteiger partial charge in [0.05, 0.1) is 16.0 Å². The van der Waals surface area contributed by atoms with Gasteiger partial charge in [0, 0.05) is 13.1 Å². The molecular weight excluding hydrogens is 464 g/mol. The lowest BCUT2D eigenvalue weighted by atomic mass is 10.1. The van der Waals surface area contributed by atoms with Gasteiger partial charge < -0.3 is 9.64 Å². The van der Waals surface area contributed by atoms with Crippen LogP contribution in [-0.4, -0.2) is 52.0 Å². The third-order valence-corrected chi connectivity index (χ3v) is 7.27. The first-order valence-electron chi connectivity index (χ1n) is 10.5. The van der Waals surface area contributed by atoms with Crippen molar-refractivity contribution in [1.29, 1.82) is 0 Å². The SMILES string of the molecule is Cc1ccc(S(=O)(=O)n2c(C3=CCN(C(=O)OC(C)(C)C)CC3)cc3c(Cl)ncnc32)cc1. The number of aryl methyl sites for hydroxylation is 1. The predicted molar refractivity (Wildman–Crippen MR) is 127 cm³/mol. The lowest BCUT2D eigenvalue weighted by molar-refractivity contribution is 0.0270. The zero-order chi connectivity index (χ0) is 24.0. The molecule has 3 heterocycles. The molecule has 10 heteroatoms. The van der Waals surface area contributed by atoms with Crippen LogP contribution < -0.4 is 0 Å². The Labute approximate surface area is 197 Å². The van der Waals surface area contributed by atoms with Crippen molar-refractivity contribution in [3.8, 4) is 0 Å². The van der Waals surface area contributed by atoms with Crippen LogP contribution in [0.3, 0.4) is 0 Å². The number of fused-ring (bicyclic) bond motifs is 1. The van der Waals surface area contributed by atoms with Crippen LogP contribution in [0.2, 0.25) is 5.15 Å². The Morgan fingerprint density at radius 1 is 1.15 bits per heavy atom. The van der Waals surface area contributed by atoms with Crippen molar-refractivity contribution >= 4 is 44.3 Å². The van der Waals surface area contributed by atoms with E-state index in [1.54, 1.807) is 35.2 Å². The first-order valence-corrected chi connectivity index (χ1v) is 12.3. The molecule has 3 aromatic rings. The number of carbonyl (C=O) groups excluding carboxylic acids is 1. The number of hydrogen-bond acceptors (Lipinski definition) is 6. The summed E-state index contributed by atoms with van der Waals surface area (Å²) in [5, 5.41) is 0.617. The molecule has 0 unspecified atom stereocenters. The van der Waals surface area contributed by atoms with Crippen LogP contribution >= 0.6 is 11.6 Å². The van der Waals surface area contributed by atoms with Crippen LogP contribution in [0.25, 0.3) is 16.6 Å². The number of nitrogens with zero attached hydrogens (tertiary/aromatic N) is 4. The second-order valence-electron chi connectivity index (χ2n) is 8.92. The quantitative estimate of drug-likeness (QED) is 0.498. The number of rotatable bonds is 3. The Hall–Kier alpha value is -2.91. The smallest absolute Gasteiger partial charge is 0.410 e. The molecule has 0 saturated heterocycles. The summed E-state index contributed by atoms with van der Waals surface area (Å²) in [6, 6.07) is 8.33. The summed E-state index contributed by atoms with van der Waals surface area (Å²) >= 11 is 6.28. The van der Waals surface area contributed by atoms with E-state index in [2.05, 4.69) is 9.97 Å². The van der Waals surface area contributed by atoms with Gasteiger partial charge in [-0.2, -0.15) is 0 Å². The molecule has 1 aromatic carbocycles. The van der Waals surface area contributed by atoms with Gasteiger partial charge in [-0.3, -0.25) is 0 Å². The largest absolute Gasteiger partial charge is 0.444 e. The van der Waals surface area contributed by atoms with Crippen molar-refractivity contribution in [2.75, 3.05) is 13.1 Å². The van der Waals surface area contributed by atoms with E-state index in [0.717, 1.165) is 11.1 Å². The van der Waals surface area contributed by atoms with Crippen molar-refractivity contribution in [2.24, 2.45) is 0 Å². The maximum absolute atomic E-state index is 13.7. The highest BCUT2D eigenvalue weighted by Gasteiger charge is 2.29. The number of halogens is 1. The second kappa shape index (κ2) is 8.46. The Bertz CT molecular complexity index is 1360. The fourth-order valence-corrected chi connectivity index (χ4v) is 5.31. The van der Waals surface area contributed by atoms with E-state index < -0.39 is 21.7 Å². The number of benzene rings is 1. The van der Waals surface area contributed by atoms with E-state index in [0.29, 0.717) is 30.6 Å². The molecule has 2 aromatic heterocycles. The Balaban J connectivity index is 1.79. The van der Waals surface area contributed by atoms with Gasteiger partial charge in [0.25, 0.3) is 10.0 Å². The van der Waals surface area contributed by atoms with Crippen LogP contribution in [0.5, 0.6) is 0 Å². The summed E-state index contributed by atoms with van der Waals surface area (Å²) in [5.74, 6) is 0. The first kappa shape index (κ1) is 23.3. The van der Waals surface area contributed by atoms with Gasteiger partial charge in [-0.15, -0.1) is 0 Å². The van der Waals surface area contributed by atoms with Crippen molar-refractivity contribution in [3.63, 3.8) is 0 Å². The molecule has 1 aliphatic rings. The maximum atomic E-state index is 13.7. The van der Waals surface area contributed by atoms with Crippen molar-refractivity contribution in [3.05, 3.63) is 59.1 Å². The molecule has 4 rings (SSSR count). The maximum Gasteiger partial charge on any atom is 0.410 e. The van der Waals surface area contributed by atoms with Gasteiger partial charge in [0.2, 0.25) is 0 Å². The number of carbonyl (C=O) groups is 1. The summed E-state index contributed by atoms with van der Waals surface area (Å²) in [5.41, 5.74) is 1.80. The van der Waals surface area contributed by atoms with Crippen LogP contribution in [0.4, 0.5) is 4.79 Å². The van der Waals surface area contributed by atoms with Gasteiger partial charge in [0.1, 0.15) is 17.1 Å². The third-order valence-electron chi connectivity index (χ3n) is 5.26. The zero-order valence-corrected chi connectivity index (χ0v) is 20.4. The molecule has 0 radical (unpaired) electrons. The number of ether oxygens (including phenoxy) is 1. The normalized spacial score (nSPS) is 14.9. The lowest BCUT2D eigenvalue weighted by Gasteiger charge is -2.29. The Kier molecular flexibility index (Phi) is 5.96. The molecule has 1 aliphatic heterocycles. The van der Waals surface area contributed by atoms with E-state index in [1.165, 1.54) is 10.3 Å². The molecule has 8 nitrogen and oxygen atoms in total. The Morgan fingerprint density at radius 3 is 2.45 bits per heavy atom. The monoisotopic (exact) mass is 488 g/mol. The van der Waals surface area contributed by atoms with E-state index >= 15 is 0 Å². The van der Waals surface area contributed by atoms with Crippen molar-refractivity contribution < 1.29 is 17.9 Å². The van der Waals surface area contributed by atoms with Gasteiger partial charge in [-0.1, -0.05) is 35.4 Å². The zero-order valence-electron chi connectivity index (χ0n) is 18.9. The summed E-state index contributed by atoms with van der Waals surface area (Å²) in [6.45, 7) is 8.03. The van der Waals surface area contributed by atoms with E-state index in [1.807, 2.05) is 33.8 Å². The topological polar surface area (TPSA) is 94.4 Å². The molecule has 0 spiro atoms. The van der Waals surface area contributed by atoms with E-state index in [9.17, 15) is 13.2 Å². The van der Waals surface area contributed by atoms with E-state index in [4.69, 9.17) is 16.3 Å². The first-order chi connectivity index (χ1) is 15.5. The van der Waals surface area contributed by atoms with Crippen molar-refractivity contribution in [1.82, 2.24) is 18.8 Å². The van der Waals surface area contributed by atoms with Crippen LogP contribution in [0.1, 0.15) is 38.4 Å². The fourth-order valence-electron chi connectivity index (χ4n) is 3.64. The van der Waals surface area contributed by atoms with Gasteiger partial charge in [0.15, 0.2) is 5.65 Å². The molecule has 0 aliphatic carbocycles. The third kappa shape index (κ3) is 4.60. The molecule has 174 valence electrons. The van der Waals surface area contributed by atoms with Crippen LogP contribution in [0, 0.1) is 6.92 Å². The van der Waals surface area contributed by atoms with Gasteiger partial charge >= 0.3 is 6.09 Å². The molecule has 0 atom stereocenters. The number of aromatic nitrogens is 3. The standard InChI is InChI=1S/C23H25ClN4O4S/c1-15-5-7-17(8-6-15)33(30,31)28-19(13-18-20(24)25-14-26-21(18)28)16-9-11-27(12-10-16)22(29)32-23(2,3)4/h5-9,13-14H,10-12H2,1-4H3.